The zero-order chi connectivity index (χ0) is 12.4. The molecule has 0 saturated carbocycles. The molecule has 0 bridgehead atoms. The van der Waals surface area contributed by atoms with E-state index < -0.39 is 0 Å². The van der Waals surface area contributed by atoms with Crippen LogP contribution in [0.4, 0.5) is 0 Å². The Labute approximate surface area is 107 Å². The molecule has 0 nitrogen and oxygen atoms in total. The standard InChI is InChI=1S/C15H30S/c1-6-9-11-15(8-3)13(4)12-16-14(5)10-7-2/h9,11,13-15H,6-8,10,12H2,1-5H3/b11-9-. The third-order valence-electron chi connectivity index (χ3n) is 3.16. The number of hydrogen-bond donors (Lipinski definition) is 0. The van der Waals surface area contributed by atoms with Crippen LogP contribution < -0.4 is 0 Å². The van der Waals surface area contributed by atoms with Gasteiger partial charge in [0.2, 0.25) is 0 Å². The second-order valence-corrected chi connectivity index (χ2v) is 6.29. The lowest BCUT2D eigenvalue weighted by Gasteiger charge is -2.21. The molecule has 0 fully saturated rings. The Morgan fingerprint density at radius 2 is 1.81 bits per heavy atom. The van der Waals surface area contributed by atoms with Gasteiger partial charge in [-0.15, -0.1) is 0 Å². The number of rotatable bonds is 9. The van der Waals surface area contributed by atoms with Gasteiger partial charge in [0.15, 0.2) is 0 Å². The van der Waals surface area contributed by atoms with Gasteiger partial charge < -0.3 is 0 Å². The van der Waals surface area contributed by atoms with E-state index in [1.54, 1.807) is 0 Å². The van der Waals surface area contributed by atoms with Gasteiger partial charge in [-0.3, -0.25) is 0 Å². The van der Waals surface area contributed by atoms with Gasteiger partial charge in [0, 0.05) is 5.25 Å². The Hall–Kier alpha value is 0.0900. The molecule has 0 aromatic heterocycles. The summed E-state index contributed by atoms with van der Waals surface area (Å²) in [6, 6.07) is 0. The van der Waals surface area contributed by atoms with E-state index in [4.69, 9.17) is 0 Å². The molecule has 0 spiro atoms. The topological polar surface area (TPSA) is 0 Å². The van der Waals surface area contributed by atoms with Crippen LogP contribution >= 0.6 is 11.8 Å². The van der Waals surface area contributed by atoms with Gasteiger partial charge in [0.1, 0.15) is 0 Å². The first-order chi connectivity index (χ1) is 7.65. The van der Waals surface area contributed by atoms with Crippen LogP contribution in [0.25, 0.3) is 0 Å². The zero-order valence-corrected chi connectivity index (χ0v) is 12.6. The normalized spacial score (nSPS) is 17.6. The molecule has 0 saturated heterocycles. The molecule has 0 aliphatic carbocycles. The molecule has 0 aliphatic rings. The highest BCUT2D eigenvalue weighted by Crippen LogP contribution is 2.25. The highest BCUT2D eigenvalue weighted by Gasteiger charge is 2.13. The Kier molecular flexibility index (Phi) is 10.3. The van der Waals surface area contributed by atoms with Gasteiger partial charge in [-0.1, -0.05) is 53.2 Å². The van der Waals surface area contributed by atoms with Crippen molar-refractivity contribution < 1.29 is 0 Å². The SMILES string of the molecule is CC/C=C\C(CC)C(C)CSC(C)CCC. The summed E-state index contributed by atoms with van der Waals surface area (Å²) >= 11 is 2.15. The maximum atomic E-state index is 2.43. The second-order valence-electron chi connectivity index (χ2n) is 4.82. The monoisotopic (exact) mass is 242 g/mol. The minimum Gasteiger partial charge on any atom is -0.159 e. The quantitative estimate of drug-likeness (QED) is 0.479. The van der Waals surface area contributed by atoms with Gasteiger partial charge in [-0.25, -0.2) is 0 Å². The Balaban J connectivity index is 3.91. The van der Waals surface area contributed by atoms with E-state index in [0.717, 1.165) is 17.1 Å². The molecule has 96 valence electrons. The van der Waals surface area contributed by atoms with Crippen molar-refractivity contribution >= 4 is 11.8 Å². The Bertz CT molecular complexity index is 174. The number of hydrogen-bond acceptors (Lipinski definition) is 1. The third-order valence-corrected chi connectivity index (χ3v) is 4.68. The second kappa shape index (κ2) is 10.3. The van der Waals surface area contributed by atoms with E-state index in [1.165, 1.54) is 31.4 Å². The average molecular weight is 242 g/mol. The van der Waals surface area contributed by atoms with E-state index >= 15 is 0 Å². The number of allylic oxidation sites excluding steroid dienone is 2. The highest BCUT2D eigenvalue weighted by molar-refractivity contribution is 7.99. The molecule has 0 amide bonds. The van der Waals surface area contributed by atoms with Crippen molar-refractivity contribution in [2.75, 3.05) is 5.75 Å². The molecule has 1 heteroatoms. The first-order valence-corrected chi connectivity index (χ1v) is 7.98. The molecule has 0 aromatic rings. The summed E-state index contributed by atoms with van der Waals surface area (Å²) in [6.45, 7) is 11.6. The maximum Gasteiger partial charge on any atom is 0.00187 e. The fourth-order valence-electron chi connectivity index (χ4n) is 1.97. The van der Waals surface area contributed by atoms with Crippen LogP contribution in [0, 0.1) is 11.8 Å². The molecule has 0 aliphatic heterocycles. The van der Waals surface area contributed by atoms with Crippen molar-refractivity contribution in [2.24, 2.45) is 11.8 Å². The summed E-state index contributed by atoms with van der Waals surface area (Å²) in [5.41, 5.74) is 0. The summed E-state index contributed by atoms with van der Waals surface area (Å²) in [5.74, 6) is 2.91. The van der Waals surface area contributed by atoms with Crippen LogP contribution in [0.2, 0.25) is 0 Å². The molecule has 16 heavy (non-hydrogen) atoms. The minimum absolute atomic E-state index is 0.779. The fourth-order valence-corrected chi connectivity index (χ4v) is 3.25. The van der Waals surface area contributed by atoms with Crippen LogP contribution in [0.5, 0.6) is 0 Å². The molecule has 0 aromatic carbocycles. The van der Waals surface area contributed by atoms with E-state index in [-0.39, 0.29) is 0 Å². The summed E-state index contributed by atoms with van der Waals surface area (Å²) in [7, 11) is 0. The van der Waals surface area contributed by atoms with Crippen LogP contribution in [-0.2, 0) is 0 Å². The molecular weight excluding hydrogens is 212 g/mol. The molecule has 0 radical (unpaired) electrons. The van der Waals surface area contributed by atoms with Gasteiger partial charge in [-0.2, -0.15) is 11.8 Å². The largest absolute Gasteiger partial charge is 0.159 e. The highest BCUT2D eigenvalue weighted by atomic mass is 32.2. The van der Waals surface area contributed by atoms with Crippen molar-refractivity contribution in [3.05, 3.63) is 12.2 Å². The molecular formula is C15H30S. The van der Waals surface area contributed by atoms with E-state index in [2.05, 4.69) is 58.5 Å². The third kappa shape index (κ3) is 7.38. The van der Waals surface area contributed by atoms with Crippen molar-refractivity contribution in [1.29, 1.82) is 0 Å². The maximum absolute atomic E-state index is 2.43. The summed E-state index contributed by atoms with van der Waals surface area (Å²) in [6.07, 6.45) is 9.87. The van der Waals surface area contributed by atoms with Crippen molar-refractivity contribution in [2.45, 2.75) is 65.6 Å². The van der Waals surface area contributed by atoms with Crippen molar-refractivity contribution in [3.63, 3.8) is 0 Å². The predicted octanol–water partition coefficient (Wildman–Crippen LogP) is 5.54. The van der Waals surface area contributed by atoms with Crippen molar-refractivity contribution in [1.82, 2.24) is 0 Å². The lowest BCUT2D eigenvalue weighted by Crippen LogP contribution is -2.12. The molecule has 0 heterocycles. The molecule has 0 rings (SSSR count). The predicted molar refractivity (Wildman–Crippen MR) is 79.2 cm³/mol. The number of thioether (sulfide) groups is 1. The lowest BCUT2D eigenvalue weighted by molar-refractivity contribution is 0.459. The van der Waals surface area contributed by atoms with E-state index in [1.807, 2.05) is 0 Å². The Morgan fingerprint density at radius 3 is 2.31 bits per heavy atom. The zero-order valence-electron chi connectivity index (χ0n) is 11.8. The average Bonchev–Trinajstić information content (AvgIpc) is 2.28. The minimum atomic E-state index is 0.779. The summed E-state index contributed by atoms with van der Waals surface area (Å²) < 4.78 is 0. The van der Waals surface area contributed by atoms with Gasteiger partial charge >= 0.3 is 0 Å². The van der Waals surface area contributed by atoms with Crippen LogP contribution in [0.3, 0.4) is 0 Å². The van der Waals surface area contributed by atoms with Crippen molar-refractivity contribution in [3.8, 4) is 0 Å². The van der Waals surface area contributed by atoms with E-state index in [9.17, 15) is 0 Å². The Morgan fingerprint density at radius 1 is 1.12 bits per heavy atom. The first kappa shape index (κ1) is 16.1. The van der Waals surface area contributed by atoms with E-state index in [0.29, 0.717) is 0 Å². The van der Waals surface area contributed by atoms with Crippen LogP contribution in [0.1, 0.15) is 60.3 Å². The summed E-state index contributed by atoms with van der Waals surface area (Å²) in [4.78, 5) is 0. The smallest absolute Gasteiger partial charge is 0.00187 e. The lowest BCUT2D eigenvalue weighted by atomic mass is 9.92. The molecule has 3 atom stereocenters. The molecule has 3 unspecified atom stereocenters. The van der Waals surface area contributed by atoms with Crippen LogP contribution in [0.15, 0.2) is 12.2 Å². The van der Waals surface area contributed by atoms with Gasteiger partial charge in [0.25, 0.3) is 0 Å². The van der Waals surface area contributed by atoms with Gasteiger partial charge in [0.05, 0.1) is 0 Å². The first-order valence-electron chi connectivity index (χ1n) is 6.93. The fraction of sp³-hybridized carbons (Fsp3) is 0.867. The van der Waals surface area contributed by atoms with Gasteiger partial charge in [-0.05, 0) is 36.9 Å². The summed E-state index contributed by atoms with van der Waals surface area (Å²) in [5, 5.41) is 0.833. The molecule has 0 N–H and O–H groups in total. The van der Waals surface area contributed by atoms with Crippen LogP contribution in [-0.4, -0.2) is 11.0 Å².